The molecule has 1 unspecified atom stereocenters. The lowest BCUT2D eigenvalue weighted by molar-refractivity contribution is -0.139. The first-order chi connectivity index (χ1) is 16.9. The number of hydrogen-bond acceptors (Lipinski definition) is 7. The van der Waals surface area contributed by atoms with Gasteiger partial charge in [-0.05, 0) is 50.1 Å². The van der Waals surface area contributed by atoms with Crippen LogP contribution in [0.3, 0.4) is 0 Å². The minimum atomic E-state index is -0.632. The Hall–Kier alpha value is -3.17. The lowest BCUT2D eigenvalue weighted by Crippen LogP contribution is -2.39. The van der Waals surface area contributed by atoms with Crippen LogP contribution < -0.4 is 24.4 Å². The Morgan fingerprint density at radius 2 is 1.91 bits per heavy atom. The molecular weight excluding hydrogens is 532 g/mol. The zero-order valence-corrected chi connectivity index (χ0v) is 22.2. The number of carbonyl (C=O) groups is 1. The first kappa shape index (κ1) is 24.9. The summed E-state index contributed by atoms with van der Waals surface area (Å²) >= 11 is 4.84. The van der Waals surface area contributed by atoms with E-state index in [1.807, 2.05) is 49.4 Å². The van der Waals surface area contributed by atoms with Gasteiger partial charge >= 0.3 is 5.97 Å². The van der Waals surface area contributed by atoms with Crippen LogP contribution in [0.25, 0.3) is 6.08 Å². The maximum Gasteiger partial charge on any atom is 0.338 e. The third-order valence-corrected chi connectivity index (χ3v) is 7.17. The zero-order valence-electron chi connectivity index (χ0n) is 19.8. The van der Waals surface area contributed by atoms with E-state index in [2.05, 4.69) is 20.9 Å². The molecule has 9 heteroatoms. The molecular formula is C26H25BrN2O5S. The fourth-order valence-electron chi connectivity index (χ4n) is 3.97. The molecule has 2 heterocycles. The monoisotopic (exact) mass is 556 g/mol. The van der Waals surface area contributed by atoms with Crippen LogP contribution in [0.15, 0.2) is 68.0 Å². The maximum atomic E-state index is 13.7. The SMILES string of the molecule is CCOC(=O)C1=C(C)N=c2s/c(=C\c3cc(OCC)c(OC)cc3Br)c(=O)n2C1c1ccccc1. The molecule has 0 radical (unpaired) electrons. The number of methoxy groups -OCH3 is 1. The number of rotatable bonds is 7. The number of halogens is 1. The molecule has 1 atom stereocenters. The molecule has 0 spiro atoms. The largest absolute Gasteiger partial charge is 0.493 e. The smallest absolute Gasteiger partial charge is 0.338 e. The van der Waals surface area contributed by atoms with Crippen molar-refractivity contribution in [1.82, 2.24) is 4.57 Å². The lowest BCUT2D eigenvalue weighted by atomic mass is 9.96. The number of nitrogens with zero attached hydrogens (tertiary/aromatic N) is 2. The number of hydrogen-bond donors (Lipinski definition) is 0. The number of aromatic nitrogens is 1. The van der Waals surface area contributed by atoms with Crippen molar-refractivity contribution >= 4 is 39.3 Å². The van der Waals surface area contributed by atoms with Crippen LogP contribution in [0.1, 0.15) is 37.9 Å². The molecule has 0 saturated heterocycles. The van der Waals surface area contributed by atoms with E-state index in [0.29, 0.717) is 38.7 Å². The van der Waals surface area contributed by atoms with Crippen LogP contribution >= 0.6 is 27.3 Å². The average molecular weight is 557 g/mol. The van der Waals surface area contributed by atoms with Crippen molar-refractivity contribution in [3.8, 4) is 11.5 Å². The highest BCUT2D eigenvalue weighted by molar-refractivity contribution is 9.10. The number of thiazole rings is 1. The van der Waals surface area contributed by atoms with Gasteiger partial charge < -0.3 is 14.2 Å². The minimum Gasteiger partial charge on any atom is -0.493 e. The van der Waals surface area contributed by atoms with Gasteiger partial charge in [0.2, 0.25) is 0 Å². The fourth-order valence-corrected chi connectivity index (χ4v) is 5.45. The third kappa shape index (κ3) is 4.83. The molecule has 182 valence electrons. The molecule has 0 fully saturated rings. The van der Waals surface area contributed by atoms with E-state index in [1.54, 1.807) is 31.6 Å². The molecule has 0 N–H and O–H groups in total. The van der Waals surface area contributed by atoms with Crippen molar-refractivity contribution in [1.29, 1.82) is 0 Å². The Morgan fingerprint density at radius 3 is 2.57 bits per heavy atom. The second-order valence-electron chi connectivity index (χ2n) is 7.67. The van der Waals surface area contributed by atoms with E-state index in [-0.39, 0.29) is 12.2 Å². The van der Waals surface area contributed by atoms with Crippen LogP contribution in [0.4, 0.5) is 0 Å². The highest BCUT2D eigenvalue weighted by Gasteiger charge is 2.33. The molecule has 1 aliphatic rings. The van der Waals surface area contributed by atoms with E-state index >= 15 is 0 Å². The van der Waals surface area contributed by atoms with Crippen LogP contribution in [0.2, 0.25) is 0 Å². The number of fused-ring (bicyclic) bond motifs is 1. The first-order valence-electron chi connectivity index (χ1n) is 11.1. The quantitative estimate of drug-likeness (QED) is 0.411. The van der Waals surface area contributed by atoms with Crippen molar-refractivity contribution in [2.24, 2.45) is 4.99 Å². The molecule has 1 aliphatic heterocycles. The minimum absolute atomic E-state index is 0.231. The van der Waals surface area contributed by atoms with Gasteiger partial charge in [0.1, 0.15) is 0 Å². The number of esters is 1. The molecule has 3 aromatic rings. The predicted molar refractivity (Wildman–Crippen MR) is 139 cm³/mol. The molecule has 1 aromatic heterocycles. The summed E-state index contributed by atoms with van der Waals surface area (Å²) in [6.07, 6.45) is 1.79. The van der Waals surface area contributed by atoms with E-state index in [1.165, 1.54) is 11.3 Å². The highest BCUT2D eigenvalue weighted by Crippen LogP contribution is 2.34. The predicted octanol–water partition coefficient (Wildman–Crippen LogP) is 3.97. The van der Waals surface area contributed by atoms with Crippen molar-refractivity contribution < 1.29 is 19.0 Å². The normalized spacial score (nSPS) is 15.5. The standard InChI is InChI=1S/C26H25BrN2O5S/c1-5-33-20-12-17(18(27)14-19(20)32-4)13-21-24(30)29-23(16-10-8-7-9-11-16)22(25(31)34-6-2)15(3)28-26(29)35-21/h7-14,23H,5-6H2,1-4H3/b21-13-. The summed E-state index contributed by atoms with van der Waals surface area (Å²) in [5.41, 5.74) is 2.23. The topological polar surface area (TPSA) is 79.1 Å². The Morgan fingerprint density at radius 1 is 1.17 bits per heavy atom. The van der Waals surface area contributed by atoms with Gasteiger partial charge in [-0.15, -0.1) is 0 Å². The summed E-state index contributed by atoms with van der Waals surface area (Å²) in [5, 5.41) is 0. The summed E-state index contributed by atoms with van der Waals surface area (Å²) in [4.78, 5) is 31.8. The molecule has 0 bridgehead atoms. The van der Waals surface area contributed by atoms with Gasteiger partial charge in [-0.2, -0.15) is 0 Å². The van der Waals surface area contributed by atoms with Crippen LogP contribution in [0, 0.1) is 0 Å². The zero-order chi connectivity index (χ0) is 25.1. The van der Waals surface area contributed by atoms with Crippen LogP contribution in [-0.2, 0) is 9.53 Å². The number of carbonyl (C=O) groups excluding carboxylic acids is 1. The van der Waals surface area contributed by atoms with Gasteiger partial charge in [0, 0.05) is 4.47 Å². The maximum absolute atomic E-state index is 13.7. The Labute approximate surface area is 215 Å². The Kier molecular flexibility index (Phi) is 7.57. The summed E-state index contributed by atoms with van der Waals surface area (Å²) in [6.45, 7) is 6.13. The van der Waals surface area contributed by atoms with Gasteiger partial charge in [0.15, 0.2) is 16.3 Å². The van der Waals surface area contributed by atoms with Gasteiger partial charge in [0.25, 0.3) is 5.56 Å². The first-order valence-corrected chi connectivity index (χ1v) is 12.7. The van der Waals surface area contributed by atoms with E-state index in [9.17, 15) is 9.59 Å². The Balaban J connectivity index is 1.93. The van der Waals surface area contributed by atoms with Crippen molar-refractivity contribution in [3.63, 3.8) is 0 Å². The molecule has 4 rings (SSSR count). The molecule has 2 aromatic carbocycles. The number of ether oxygens (including phenoxy) is 3. The Bertz CT molecular complexity index is 1470. The molecule has 0 amide bonds. The molecule has 0 aliphatic carbocycles. The second-order valence-corrected chi connectivity index (χ2v) is 9.53. The third-order valence-electron chi connectivity index (χ3n) is 5.50. The van der Waals surface area contributed by atoms with Crippen LogP contribution in [0.5, 0.6) is 11.5 Å². The van der Waals surface area contributed by atoms with Gasteiger partial charge in [0.05, 0.1) is 42.2 Å². The van der Waals surface area contributed by atoms with E-state index < -0.39 is 12.0 Å². The summed E-state index contributed by atoms with van der Waals surface area (Å²) in [6, 6.07) is 12.5. The van der Waals surface area contributed by atoms with E-state index in [4.69, 9.17) is 14.2 Å². The van der Waals surface area contributed by atoms with Gasteiger partial charge in [-0.3, -0.25) is 9.36 Å². The van der Waals surface area contributed by atoms with Crippen molar-refractivity contribution in [2.45, 2.75) is 26.8 Å². The average Bonchev–Trinajstić information content (AvgIpc) is 3.15. The lowest BCUT2D eigenvalue weighted by Gasteiger charge is -2.24. The molecule has 0 saturated carbocycles. The second kappa shape index (κ2) is 10.6. The van der Waals surface area contributed by atoms with Crippen molar-refractivity contribution in [2.75, 3.05) is 20.3 Å². The highest BCUT2D eigenvalue weighted by atomic mass is 79.9. The summed E-state index contributed by atoms with van der Waals surface area (Å²) in [5.74, 6) is 0.701. The summed E-state index contributed by atoms with van der Waals surface area (Å²) < 4.78 is 19.2. The summed E-state index contributed by atoms with van der Waals surface area (Å²) in [7, 11) is 1.58. The van der Waals surface area contributed by atoms with Crippen molar-refractivity contribution in [3.05, 3.63) is 89.0 Å². The number of benzene rings is 2. The molecule has 35 heavy (non-hydrogen) atoms. The van der Waals surface area contributed by atoms with Crippen LogP contribution in [-0.4, -0.2) is 30.9 Å². The van der Waals surface area contributed by atoms with Gasteiger partial charge in [-0.25, -0.2) is 9.79 Å². The number of allylic oxidation sites excluding steroid dienone is 1. The van der Waals surface area contributed by atoms with Gasteiger partial charge in [-0.1, -0.05) is 57.6 Å². The molecule has 7 nitrogen and oxygen atoms in total. The van der Waals surface area contributed by atoms with E-state index in [0.717, 1.165) is 15.6 Å². The fraction of sp³-hybridized carbons (Fsp3) is 0.269.